The van der Waals surface area contributed by atoms with Gasteiger partial charge < -0.3 is 23.8 Å². The highest BCUT2D eigenvalue weighted by molar-refractivity contribution is 5.74. The van der Waals surface area contributed by atoms with Crippen LogP contribution in [0.4, 0.5) is 4.79 Å². The van der Waals surface area contributed by atoms with Crippen molar-refractivity contribution in [2.75, 3.05) is 33.0 Å². The Bertz CT molecular complexity index is 758. The van der Waals surface area contributed by atoms with Gasteiger partial charge in [-0.25, -0.2) is 4.79 Å². The molecule has 0 N–H and O–H groups in total. The number of hydrogen-bond donors (Lipinski definition) is 0. The molecule has 0 spiro atoms. The van der Waals surface area contributed by atoms with Gasteiger partial charge in [-0.3, -0.25) is 14.4 Å². The summed E-state index contributed by atoms with van der Waals surface area (Å²) in [4.78, 5) is 51.7. The Kier molecular flexibility index (Phi) is 21.7. The molecule has 1 saturated heterocycles. The van der Waals surface area contributed by atoms with Crippen molar-refractivity contribution in [1.29, 1.82) is 0 Å². The molecule has 1 aliphatic heterocycles. The van der Waals surface area contributed by atoms with Gasteiger partial charge in [0.05, 0.1) is 38.7 Å². The first-order chi connectivity index (χ1) is 20.3. The van der Waals surface area contributed by atoms with E-state index in [1.54, 1.807) is 4.90 Å². The molecule has 1 aliphatic rings. The van der Waals surface area contributed by atoms with Gasteiger partial charge in [0.25, 0.3) is 0 Å². The van der Waals surface area contributed by atoms with Crippen LogP contribution < -0.4 is 0 Å². The number of nitrogens with zero attached hydrogens (tertiary/aromatic N) is 1. The summed E-state index contributed by atoms with van der Waals surface area (Å²) in [5.74, 6) is -1.45. The smallest absolute Gasteiger partial charge is 0.410 e. The lowest BCUT2D eigenvalue weighted by Crippen LogP contribution is -2.39. The summed E-state index contributed by atoms with van der Waals surface area (Å²) < 4.78 is 21.7. The van der Waals surface area contributed by atoms with E-state index >= 15 is 0 Å². The fraction of sp³-hybridized carbons (Fsp3) is 0.879. The molecule has 0 radical (unpaired) electrons. The van der Waals surface area contributed by atoms with Crippen molar-refractivity contribution in [3.63, 3.8) is 0 Å². The largest absolute Gasteiger partial charge is 0.466 e. The third-order valence-corrected chi connectivity index (χ3v) is 7.61. The van der Waals surface area contributed by atoms with Gasteiger partial charge in [0.2, 0.25) is 0 Å². The van der Waals surface area contributed by atoms with Crippen LogP contribution in [-0.2, 0) is 33.3 Å². The van der Waals surface area contributed by atoms with Crippen LogP contribution in [0.5, 0.6) is 0 Å². The second-order valence-electron chi connectivity index (χ2n) is 11.9. The molecule has 3 unspecified atom stereocenters. The Morgan fingerprint density at radius 2 is 1.26 bits per heavy atom. The predicted molar refractivity (Wildman–Crippen MR) is 163 cm³/mol. The fourth-order valence-electron chi connectivity index (χ4n) is 5.17. The maximum Gasteiger partial charge on any atom is 0.410 e. The van der Waals surface area contributed by atoms with Crippen LogP contribution in [0.25, 0.3) is 0 Å². The normalized spacial score (nSPS) is 17.1. The zero-order valence-electron chi connectivity index (χ0n) is 27.0. The number of rotatable bonds is 24. The van der Waals surface area contributed by atoms with Gasteiger partial charge in [0.1, 0.15) is 6.61 Å². The molecule has 0 bridgehead atoms. The average molecular weight is 598 g/mol. The molecule has 0 aromatic heterocycles. The van der Waals surface area contributed by atoms with Crippen molar-refractivity contribution >= 4 is 24.0 Å². The van der Waals surface area contributed by atoms with E-state index in [1.165, 1.54) is 38.5 Å². The van der Waals surface area contributed by atoms with Crippen LogP contribution in [0.2, 0.25) is 0 Å². The number of amides is 1. The van der Waals surface area contributed by atoms with Crippen LogP contribution in [0.1, 0.15) is 137 Å². The van der Waals surface area contributed by atoms with Crippen LogP contribution in [0.3, 0.4) is 0 Å². The molecule has 42 heavy (non-hydrogen) atoms. The van der Waals surface area contributed by atoms with Gasteiger partial charge >= 0.3 is 24.0 Å². The van der Waals surface area contributed by atoms with Gasteiger partial charge in [-0.15, -0.1) is 0 Å². The predicted octanol–water partition coefficient (Wildman–Crippen LogP) is 7.38. The third-order valence-electron chi connectivity index (χ3n) is 7.61. The summed E-state index contributed by atoms with van der Waals surface area (Å²) >= 11 is 0. The van der Waals surface area contributed by atoms with Crippen LogP contribution in [-0.4, -0.2) is 67.9 Å². The standard InChI is InChI=1S/C33H59NO8/c1-5-8-10-12-14-16-18-30(35)41-25-28(22-31(36)39-20-17-15-13-11-9-6-2)23-32(37)42-26-29-21-27(4)24-34(29)33(38)40-19-7-3/h27-29H,5-26H2,1-4H3. The quantitative estimate of drug-likeness (QED) is 0.0644. The lowest BCUT2D eigenvalue weighted by atomic mass is 10.0. The molecule has 9 heteroatoms. The molecular weight excluding hydrogens is 538 g/mol. The van der Waals surface area contributed by atoms with Crippen molar-refractivity contribution in [3.05, 3.63) is 0 Å². The first kappa shape index (κ1) is 37.7. The van der Waals surface area contributed by atoms with E-state index < -0.39 is 17.9 Å². The molecule has 0 aromatic carbocycles. The summed E-state index contributed by atoms with van der Waals surface area (Å²) in [6.07, 6.45) is 14.3. The van der Waals surface area contributed by atoms with E-state index in [0.717, 1.165) is 51.4 Å². The zero-order chi connectivity index (χ0) is 31.0. The highest BCUT2D eigenvalue weighted by Crippen LogP contribution is 2.24. The Balaban J connectivity index is 2.57. The lowest BCUT2D eigenvalue weighted by Gasteiger charge is -2.24. The average Bonchev–Trinajstić information content (AvgIpc) is 3.35. The molecular formula is C33H59NO8. The highest BCUT2D eigenvalue weighted by Gasteiger charge is 2.35. The second kappa shape index (κ2) is 24.2. The monoisotopic (exact) mass is 597 g/mol. The second-order valence-corrected chi connectivity index (χ2v) is 11.9. The number of carbonyl (C=O) groups excluding carboxylic acids is 4. The Morgan fingerprint density at radius 1 is 0.667 bits per heavy atom. The molecule has 0 saturated carbocycles. The van der Waals surface area contributed by atoms with Crippen molar-refractivity contribution in [2.24, 2.45) is 11.8 Å². The number of unbranched alkanes of at least 4 members (excludes halogenated alkanes) is 10. The Labute approximate surface area is 254 Å². The van der Waals surface area contributed by atoms with E-state index in [2.05, 4.69) is 13.8 Å². The lowest BCUT2D eigenvalue weighted by molar-refractivity contribution is -0.154. The summed E-state index contributed by atoms with van der Waals surface area (Å²) in [5.41, 5.74) is 0. The Hall–Kier alpha value is -2.32. The summed E-state index contributed by atoms with van der Waals surface area (Å²) in [7, 11) is 0. The van der Waals surface area contributed by atoms with E-state index in [-0.39, 0.29) is 50.1 Å². The van der Waals surface area contributed by atoms with Gasteiger partial charge in [0, 0.05) is 18.9 Å². The van der Waals surface area contributed by atoms with Gasteiger partial charge in [-0.1, -0.05) is 91.9 Å². The van der Waals surface area contributed by atoms with Crippen molar-refractivity contribution in [3.8, 4) is 0 Å². The molecule has 0 aliphatic carbocycles. The minimum Gasteiger partial charge on any atom is -0.466 e. The first-order valence-electron chi connectivity index (χ1n) is 16.7. The SMILES string of the molecule is CCCCCCCCOC(=O)CC(COC(=O)CCCCCCCC)CC(=O)OCC1CC(C)CN1C(=O)OCCC. The molecule has 1 heterocycles. The van der Waals surface area contributed by atoms with Crippen molar-refractivity contribution in [1.82, 2.24) is 4.90 Å². The van der Waals surface area contributed by atoms with Crippen LogP contribution in [0, 0.1) is 11.8 Å². The number of ether oxygens (including phenoxy) is 4. The Morgan fingerprint density at radius 3 is 1.90 bits per heavy atom. The molecule has 3 atom stereocenters. The van der Waals surface area contributed by atoms with E-state index in [1.807, 2.05) is 13.8 Å². The molecule has 244 valence electrons. The maximum atomic E-state index is 12.8. The topological polar surface area (TPSA) is 108 Å². The third kappa shape index (κ3) is 18.3. The number of likely N-dealkylation sites (tertiary alicyclic amines) is 1. The fourth-order valence-corrected chi connectivity index (χ4v) is 5.17. The summed E-state index contributed by atoms with van der Waals surface area (Å²) in [6.45, 7) is 9.63. The number of carbonyl (C=O) groups is 4. The van der Waals surface area contributed by atoms with E-state index in [9.17, 15) is 19.2 Å². The molecule has 1 rings (SSSR count). The minimum atomic E-state index is -0.531. The van der Waals surface area contributed by atoms with E-state index in [4.69, 9.17) is 18.9 Å². The van der Waals surface area contributed by atoms with Crippen LogP contribution in [0.15, 0.2) is 0 Å². The van der Waals surface area contributed by atoms with Crippen LogP contribution >= 0.6 is 0 Å². The molecule has 1 amide bonds. The van der Waals surface area contributed by atoms with Gasteiger partial charge in [-0.05, 0) is 31.6 Å². The number of esters is 3. The van der Waals surface area contributed by atoms with E-state index in [0.29, 0.717) is 26.2 Å². The first-order valence-corrected chi connectivity index (χ1v) is 16.7. The minimum absolute atomic E-state index is 0.0227. The maximum absolute atomic E-state index is 12.8. The summed E-state index contributed by atoms with van der Waals surface area (Å²) in [5, 5.41) is 0. The molecule has 9 nitrogen and oxygen atoms in total. The zero-order valence-corrected chi connectivity index (χ0v) is 27.0. The van der Waals surface area contributed by atoms with Gasteiger partial charge in [0.15, 0.2) is 0 Å². The molecule has 0 aromatic rings. The summed E-state index contributed by atoms with van der Waals surface area (Å²) in [6, 6.07) is -0.246. The molecule has 1 fully saturated rings. The highest BCUT2D eigenvalue weighted by atomic mass is 16.6. The van der Waals surface area contributed by atoms with Gasteiger partial charge in [-0.2, -0.15) is 0 Å². The van der Waals surface area contributed by atoms with Crippen molar-refractivity contribution < 1.29 is 38.1 Å². The van der Waals surface area contributed by atoms with Crippen molar-refractivity contribution in [2.45, 2.75) is 143 Å². The number of hydrogen-bond acceptors (Lipinski definition) is 8.